The van der Waals surface area contributed by atoms with Crippen LogP contribution < -0.4 is 20.2 Å². The van der Waals surface area contributed by atoms with E-state index in [1.54, 1.807) is 36.4 Å². The molecule has 10 nitrogen and oxygen atoms in total. The van der Waals surface area contributed by atoms with Crippen molar-refractivity contribution in [2.75, 3.05) is 6.73 Å². The van der Waals surface area contributed by atoms with Crippen molar-refractivity contribution in [3.8, 4) is 45.8 Å². The van der Waals surface area contributed by atoms with Gasteiger partial charge in [-0.05, 0) is 120 Å². The molecule has 0 aliphatic heterocycles. The monoisotopic (exact) mass is 851 g/mol. The summed E-state index contributed by atoms with van der Waals surface area (Å²) in [6.07, 6.45) is 11.6. The van der Waals surface area contributed by atoms with Crippen LogP contribution >= 0.6 is 0 Å². The van der Waals surface area contributed by atoms with Crippen LogP contribution in [0, 0.1) is 23.7 Å². The molecule has 5 aromatic rings. The van der Waals surface area contributed by atoms with E-state index >= 15 is 0 Å². The van der Waals surface area contributed by atoms with E-state index in [-0.39, 0.29) is 95.5 Å². The highest BCUT2D eigenvalue weighted by atomic mass is 16.5. The lowest BCUT2D eigenvalue weighted by Gasteiger charge is -2.60. The first kappa shape index (κ1) is 42.6. The predicted octanol–water partition coefficient (Wildman–Crippen LogP) is 9.60. The summed E-state index contributed by atoms with van der Waals surface area (Å²) >= 11 is 0. The largest absolute Gasteiger partial charge is 0.663 e. The molecule has 5 aliphatic rings. The first-order valence-corrected chi connectivity index (χ1v) is 22.7. The second-order valence-corrected chi connectivity index (χ2v) is 18.8. The number of nitrogens with two attached hydrogens (primary N) is 1. The van der Waals surface area contributed by atoms with Crippen molar-refractivity contribution in [1.29, 1.82) is 0 Å². The van der Waals surface area contributed by atoms with Gasteiger partial charge in [-0.15, -0.1) is 5.69 Å². The third-order valence-corrected chi connectivity index (χ3v) is 14.8. The molecular weight excluding hydrogens is 793 g/mol. The van der Waals surface area contributed by atoms with E-state index in [4.69, 9.17) is 20.2 Å². The molecule has 0 radical (unpaired) electrons. The van der Waals surface area contributed by atoms with Crippen LogP contribution in [0.2, 0.25) is 0 Å². The molecule has 7 N–H and O–H groups in total. The Balaban J connectivity index is 1.15. The highest BCUT2D eigenvalue weighted by Gasteiger charge is 2.60. The molecule has 0 saturated heterocycles. The number of phenols is 4. The molecule has 8 atom stereocenters. The first-order chi connectivity index (χ1) is 30.5. The van der Waals surface area contributed by atoms with Gasteiger partial charge in [0.25, 0.3) is 0 Å². The summed E-state index contributed by atoms with van der Waals surface area (Å²) in [5.74, 6) is -0.256. The molecule has 330 valence electrons. The van der Waals surface area contributed by atoms with Gasteiger partial charge in [0.2, 0.25) is 5.75 Å². The number of fused-ring (bicyclic) bond motifs is 9. The highest BCUT2D eigenvalue weighted by Crippen LogP contribution is 2.69. The van der Waals surface area contributed by atoms with Gasteiger partial charge < -0.3 is 40.0 Å². The van der Waals surface area contributed by atoms with Gasteiger partial charge in [-0.25, -0.2) is 0 Å². The van der Waals surface area contributed by atoms with Gasteiger partial charge in [0, 0.05) is 35.7 Å². The summed E-state index contributed by atoms with van der Waals surface area (Å²) in [7, 11) is 0. The summed E-state index contributed by atoms with van der Waals surface area (Å²) in [6, 6.07) is 24.4. The Bertz CT molecular complexity index is 2510. The summed E-state index contributed by atoms with van der Waals surface area (Å²) in [4.78, 5) is 18.9. The van der Waals surface area contributed by atoms with Crippen molar-refractivity contribution in [2.24, 2.45) is 29.4 Å². The van der Waals surface area contributed by atoms with E-state index < -0.39 is 12.0 Å². The summed E-state index contributed by atoms with van der Waals surface area (Å²) in [5, 5.41) is 56.2. The Morgan fingerprint density at radius 1 is 0.921 bits per heavy atom. The van der Waals surface area contributed by atoms with Crippen LogP contribution in [0.1, 0.15) is 116 Å². The van der Waals surface area contributed by atoms with E-state index in [0.29, 0.717) is 30.2 Å². The fraction of sp³-hybridized carbons (Fsp3) is 0.415. The van der Waals surface area contributed by atoms with Crippen LogP contribution in [0.4, 0.5) is 0 Å². The molecule has 1 heterocycles. The summed E-state index contributed by atoms with van der Waals surface area (Å²) < 4.78 is 11.8. The number of hydrogen-bond donors (Lipinski definition) is 6. The van der Waals surface area contributed by atoms with Crippen molar-refractivity contribution in [2.45, 2.75) is 108 Å². The Kier molecular flexibility index (Phi) is 11.8. The zero-order chi connectivity index (χ0) is 44.0. The number of hydrogen-bond acceptors (Lipinski definition) is 9. The quantitative estimate of drug-likeness (QED) is 0.0338. The minimum absolute atomic E-state index is 0.0274. The van der Waals surface area contributed by atoms with Crippen molar-refractivity contribution in [1.82, 2.24) is 4.98 Å². The fourth-order valence-corrected chi connectivity index (χ4v) is 12.3. The zero-order valence-corrected chi connectivity index (χ0v) is 36.1. The second kappa shape index (κ2) is 17.5. The maximum absolute atomic E-state index is 13.9. The number of ketones is 1. The van der Waals surface area contributed by atoms with Crippen LogP contribution in [-0.4, -0.2) is 44.2 Å². The van der Waals surface area contributed by atoms with Gasteiger partial charge in [-0.1, -0.05) is 92.9 Å². The molecule has 1 aromatic heterocycles. The zero-order valence-electron chi connectivity index (χ0n) is 36.1. The molecule has 1 saturated carbocycles. The molecule has 5 aliphatic carbocycles. The number of aliphatic hydroxyl groups is 1. The third-order valence-electron chi connectivity index (χ3n) is 14.8. The van der Waals surface area contributed by atoms with Gasteiger partial charge in [0.05, 0.1) is 6.10 Å². The molecule has 0 spiro atoms. The molecule has 0 unspecified atom stereocenters. The molecule has 4 aromatic carbocycles. The minimum atomic E-state index is -1.06. The maximum atomic E-state index is 13.9. The molecule has 10 heteroatoms. The number of nitrogens with zero attached hydrogens (tertiary/aromatic N) is 1. The van der Waals surface area contributed by atoms with Crippen LogP contribution in [-0.2, 0) is 23.2 Å². The lowest BCUT2D eigenvalue weighted by Crippen LogP contribution is -2.53. The van der Waals surface area contributed by atoms with E-state index in [0.717, 1.165) is 60.1 Å². The van der Waals surface area contributed by atoms with E-state index in [2.05, 4.69) is 56.3 Å². The van der Waals surface area contributed by atoms with E-state index in [9.17, 15) is 30.3 Å². The number of phenolic OH excluding ortho intramolecular Hbond substituents is 4. The molecule has 2 bridgehead atoms. The Labute approximate surface area is 369 Å². The average molecular weight is 852 g/mol. The number of aromatic hydroxyl groups is 4. The normalized spacial score (nSPS) is 24.8. The number of aliphatic hydroxyl groups excluding tert-OH is 1. The summed E-state index contributed by atoms with van der Waals surface area (Å²) in [6.45, 7) is 4.54. The van der Waals surface area contributed by atoms with Crippen molar-refractivity contribution in [3.05, 3.63) is 131 Å². The lowest BCUT2D eigenvalue weighted by atomic mass is 9.44. The number of aryl methyl sites for hydroxylation is 1. The number of carbonyl (C=O) groups excluding carboxylic acids is 1. The highest BCUT2D eigenvalue weighted by molar-refractivity contribution is 5.79. The van der Waals surface area contributed by atoms with Gasteiger partial charge in [-0.3, -0.25) is 10.5 Å². The number of carbonyl (C=O) groups is 1. The standard InChI is InChI=1S/C53H59N2O8/c1-30(2)12-15-33-8-6-21-53(41-11-4-3-10-37(41)50-39(49(33)53)20-22-55-50)42-25-34-16-18-38(44(59)26-36(57)17-13-31-14-19-43(58)46(24-31)63-29-54)48(42)40-27-45(60)51(61)52(47(34)40)62-28-32-7-5-9-35(56)23-32/h3-5,7,9-11,14,16,18-20,22-24,27,30,33-34,38,42,44,48-49,56,58-61H,6,8,12-13,15,17,21,25-26,28-29,54H2,1-2H3/q-1/t33-,34-,38-,42-,44-,48-,49+,53+/m0/s1. The van der Waals surface area contributed by atoms with Crippen LogP contribution in [0.3, 0.4) is 0 Å². The lowest BCUT2D eigenvalue weighted by molar-refractivity contribution is -0.121. The number of benzene rings is 4. The minimum Gasteiger partial charge on any atom is -0.663 e. The molecule has 10 rings (SSSR count). The smallest absolute Gasteiger partial charge is 0.200 e. The number of aromatic nitrogens is 1. The van der Waals surface area contributed by atoms with Gasteiger partial charge in [0.15, 0.2) is 23.0 Å². The van der Waals surface area contributed by atoms with Crippen LogP contribution in [0.25, 0.3) is 11.3 Å². The van der Waals surface area contributed by atoms with Gasteiger partial charge in [0.1, 0.15) is 24.9 Å². The Hall–Kier alpha value is -5.71. The molecular formula is C53H59N2O8-. The number of rotatable bonds is 15. The molecule has 1 fully saturated rings. The topological polar surface area (TPSA) is 177 Å². The van der Waals surface area contributed by atoms with Gasteiger partial charge >= 0.3 is 0 Å². The molecule has 0 amide bonds. The number of allylic oxidation sites excluding steroid dienone is 1. The summed E-state index contributed by atoms with van der Waals surface area (Å²) in [5.41, 5.74) is 13.1. The Morgan fingerprint density at radius 3 is 2.57 bits per heavy atom. The molecule has 63 heavy (non-hydrogen) atoms. The van der Waals surface area contributed by atoms with Crippen molar-refractivity contribution in [3.63, 3.8) is 0 Å². The average Bonchev–Trinajstić information content (AvgIpc) is 3.61. The second-order valence-electron chi connectivity index (χ2n) is 18.8. The Morgan fingerprint density at radius 2 is 1.76 bits per heavy atom. The van der Waals surface area contributed by atoms with Gasteiger partial charge in [-0.2, -0.15) is 6.20 Å². The number of Topliss-reactive ketones (excluding diaryl/α,β-unsaturated/α-hetero) is 1. The van der Waals surface area contributed by atoms with Crippen molar-refractivity contribution < 1.29 is 39.8 Å². The van der Waals surface area contributed by atoms with E-state index in [1.807, 2.05) is 12.3 Å². The van der Waals surface area contributed by atoms with Crippen LogP contribution in [0.15, 0.2) is 97.2 Å². The maximum Gasteiger partial charge on any atom is 0.200 e. The SMILES string of the molecule is CC(C)CC[C@@H]1CCC[C@]2([C@H]3C[C@@H]4C=C[C@@H]([C@@H](O)CC(=O)CCc5ccc(O)c(OCN)c5)[C@H]3c3cc(O)c(O)c(OCc5cccc(O)c5)c34)c3ccccc3-c3[n-]ccc3[C@@H]12. The van der Waals surface area contributed by atoms with Crippen molar-refractivity contribution >= 4 is 5.78 Å². The predicted molar refractivity (Wildman–Crippen MR) is 241 cm³/mol. The number of ether oxygens (including phenoxy) is 2. The first-order valence-electron chi connectivity index (χ1n) is 22.7. The van der Waals surface area contributed by atoms with Crippen LogP contribution in [0.5, 0.6) is 34.5 Å². The van der Waals surface area contributed by atoms with E-state index in [1.165, 1.54) is 17.2 Å². The fourth-order valence-electron chi connectivity index (χ4n) is 12.3. The third kappa shape index (κ3) is 7.75.